The predicted octanol–water partition coefficient (Wildman–Crippen LogP) is 1.13. The molecule has 0 saturated heterocycles. The molecule has 3 nitrogen and oxygen atoms in total. The summed E-state index contributed by atoms with van der Waals surface area (Å²) >= 11 is 0. The van der Waals surface area contributed by atoms with Crippen molar-refractivity contribution in [1.82, 2.24) is 4.90 Å². The van der Waals surface area contributed by atoms with E-state index in [0.29, 0.717) is 13.1 Å². The SMILES string of the molecule is C#CCN(CCC)C(=O)C1(N)CCCC1. The van der Waals surface area contributed by atoms with Gasteiger partial charge in [0.2, 0.25) is 5.91 Å². The molecule has 0 radical (unpaired) electrons. The summed E-state index contributed by atoms with van der Waals surface area (Å²) in [7, 11) is 0. The minimum Gasteiger partial charge on any atom is -0.330 e. The van der Waals surface area contributed by atoms with Gasteiger partial charge in [-0.25, -0.2) is 0 Å². The van der Waals surface area contributed by atoms with E-state index >= 15 is 0 Å². The molecule has 1 saturated carbocycles. The Morgan fingerprint density at radius 1 is 1.53 bits per heavy atom. The van der Waals surface area contributed by atoms with Crippen molar-refractivity contribution in [2.45, 2.75) is 44.6 Å². The van der Waals surface area contributed by atoms with Crippen LogP contribution in [-0.2, 0) is 4.79 Å². The molecule has 0 heterocycles. The van der Waals surface area contributed by atoms with Gasteiger partial charge < -0.3 is 10.6 Å². The van der Waals surface area contributed by atoms with Gasteiger partial charge in [-0.1, -0.05) is 25.7 Å². The number of hydrogen-bond donors (Lipinski definition) is 1. The van der Waals surface area contributed by atoms with Gasteiger partial charge in [-0.2, -0.15) is 0 Å². The number of carbonyl (C=O) groups is 1. The topological polar surface area (TPSA) is 46.3 Å². The third-order valence-electron chi connectivity index (χ3n) is 2.98. The van der Waals surface area contributed by atoms with E-state index in [1.165, 1.54) is 0 Å². The van der Waals surface area contributed by atoms with E-state index in [1.54, 1.807) is 4.90 Å². The average Bonchev–Trinajstić information content (AvgIpc) is 2.65. The summed E-state index contributed by atoms with van der Waals surface area (Å²) < 4.78 is 0. The molecule has 0 aromatic carbocycles. The Balaban J connectivity index is 2.66. The van der Waals surface area contributed by atoms with Gasteiger partial charge in [0.25, 0.3) is 0 Å². The zero-order valence-electron chi connectivity index (χ0n) is 9.46. The number of nitrogens with zero attached hydrogens (tertiary/aromatic N) is 1. The van der Waals surface area contributed by atoms with Gasteiger partial charge in [-0.3, -0.25) is 4.79 Å². The monoisotopic (exact) mass is 208 g/mol. The van der Waals surface area contributed by atoms with E-state index in [0.717, 1.165) is 32.1 Å². The molecular weight excluding hydrogens is 188 g/mol. The lowest BCUT2D eigenvalue weighted by Crippen LogP contribution is -2.53. The van der Waals surface area contributed by atoms with Gasteiger partial charge in [0.1, 0.15) is 0 Å². The summed E-state index contributed by atoms with van der Waals surface area (Å²) in [6.45, 7) is 3.13. The van der Waals surface area contributed by atoms with Gasteiger partial charge in [-0.05, 0) is 19.3 Å². The lowest BCUT2D eigenvalue weighted by molar-refractivity contribution is -0.136. The molecule has 0 aliphatic heterocycles. The first-order chi connectivity index (χ1) is 7.14. The summed E-state index contributed by atoms with van der Waals surface area (Å²) in [6, 6.07) is 0. The first-order valence-electron chi connectivity index (χ1n) is 5.66. The van der Waals surface area contributed by atoms with Crippen molar-refractivity contribution in [3.8, 4) is 12.3 Å². The van der Waals surface area contributed by atoms with E-state index in [4.69, 9.17) is 12.2 Å². The molecular formula is C12H20N2O. The quantitative estimate of drug-likeness (QED) is 0.704. The van der Waals surface area contributed by atoms with Crippen molar-refractivity contribution < 1.29 is 4.79 Å². The number of hydrogen-bond acceptors (Lipinski definition) is 2. The lowest BCUT2D eigenvalue weighted by Gasteiger charge is -2.30. The minimum atomic E-state index is -0.633. The Morgan fingerprint density at radius 3 is 2.60 bits per heavy atom. The second kappa shape index (κ2) is 5.18. The second-order valence-corrected chi connectivity index (χ2v) is 4.29. The highest BCUT2D eigenvalue weighted by atomic mass is 16.2. The average molecular weight is 208 g/mol. The van der Waals surface area contributed by atoms with E-state index in [1.807, 2.05) is 6.92 Å². The van der Waals surface area contributed by atoms with Crippen molar-refractivity contribution in [1.29, 1.82) is 0 Å². The van der Waals surface area contributed by atoms with Crippen molar-refractivity contribution >= 4 is 5.91 Å². The van der Waals surface area contributed by atoms with Gasteiger partial charge in [0.15, 0.2) is 0 Å². The summed E-state index contributed by atoms with van der Waals surface area (Å²) in [5.74, 6) is 2.57. The van der Waals surface area contributed by atoms with Gasteiger partial charge >= 0.3 is 0 Å². The van der Waals surface area contributed by atoms with Crippen molar-refractivity contribution in [3.63, 3.8) is 0 Å². The zero-order chi connectivity index (χ0) is 11.3. The van der Waals surface area contributed by atoms with Crippen molar-refractivity contribution in [2.75, 3.05) is 13.1 Å². The Hall–Kier alpha value is -1.01. The number of rotatable bonds is 4. The Morgan fingerprint density at radius 2 is 2.13 bits per heavy atom. The zero-order valence-corrected chi connectivity index (χ0v) is 9.46. The minimum absolute atomic E-state index is 0.0415. The maximum atomic E-state index is 12.2. The van der Waals surface area contributed by atoms with Gasteiger partial charge in [0.05, 0.1) is 12.1 Å². The van der Waals surface area contributed by atoms with E-state index in [9.17, 15) is 4.79 Å². The lowest BCUT2D eigenvalue weighted by atomic mass is 9.97. The molecule has 0 atom stereocenters. The van der Waals surface area contributed by atoms with Gasteiger partial charge in [-0.15, -0.1) is 6.42 Å². The molecule has 84 valence electrons. The van der Waals surface area contributed by atoms with Crippen LogP contribution in [0.3, 0.4) is 0 Å². The summed E-state index contributed by atoms with van der Waals surface area (Å²) in [4.78, 5) is 13.9. The second-order valence-electron chi connectivity index (χ2n) is 4.29. The van der Waals surface area contributed by atoms with Crippen LogP contribution in [0.5, 0.6) is 0 Å². The van der Waals surface area contributed by atoms with Crippen LogP contribution in [0, 0.1) is 12.3 Å². The molecule has 3 heteroatoms. The highest BCUT2D eigenvalue weighted by Gasteiger charge is 2.39. The summed E-state index contributed by atoms with van der Waals surface area (Å²) in [6.07, 6.45) is 9.89. The predicted molar refractivity (Wildman–Crippen MR) is 61.1 cm³/mol. The largest absolute Gasteiger partial charge is 0.330 e. The van der Waals surface area contributed by atoms with Crippen molar-refractivity contribution in [2.24, 2.45) is 5.73 Å². The highest BCUT2D eigenvalue weighted by Crippen LogP contribution is 2.28. The Kier molecular flexibility index (Phi) is 4.16. The molecule has 15 heavy (non-hydrogen) atoms. The first-order valence-corrected chi connectivity index (χ1v) is 5.66. The van der Waals surface area contributed by atoms with Gasteiger partial charge in [0, 0.05) is 6.54 Å². The van der Waals surface area contributed by atoms with Crippen LogP contribution < -0.4 is 5.73 Å². The molecule has 2 N–H and O–H groups in total. The molecule has 1 aliphatic carbocycles. The number of carbonyl (C=O) groups excluding carboxylic acids is 1. The maximum Gasteiger partial charge on any atom is 0.243 e. The number of terminal acetylenes is 1. The van der Waals surface area contributed by atoms with E-state index < -0.39 is 5.54 Å². The van der Waals surface area contributed by atoms with Crippen LogP contribution in [0.25, 0.3) is 0 Å². The molecule has 1 amide bonds. The Labute approximate surface area is 92.0 Å². The van der Waals surface area contributed by atoms with Crippen LogP contribution in [-0.4, -0.2) is 29.4 Å². The van der Waals surface area contributed by atoms with E-state index in [-0.39, 0.29) is 5.91 Å². The van der Waals surface area contributed by atoms with Crippen LogP contribution in [0.1, 0.15) is 39.0 Å². The van der Waals surface area contributed by atoms with Crippen molar-refractivity contribution in [3.05, 3.63) is 0 Å². The molecule has 0 aromatic rings. The molecule has 0 bridgehead atoms. The fourth-order valence-electron chi connectivity index (χ4n) is 2.17. The fraction of sp³-hybridized carbons (Fsp3) is 0.750. The number of nitrogens with two attached hydrogens (primary N) is 1. The van der Waals surface area contributed by atoms with Crippen LogP contribution in [0.4, 0.5) is 0 Å². The third-order valence-corrected chi connectivity index (χ3v) is 2.98. The molecule has 1 fully saturated rings. The Bertz CT molecular complexity index is 261. The van der Waals surface area contributed by atoms with Crippen LogP contribution in [0.15, 0.2) is 0 Å². The number of amides is 1. The first kappa shape index (κ1) is 12.1. The summed E-state index contributed by atoms with van der Waals surface area (Å²) in [5.41, 5.74) is 5.47. The molecule has 0 unspecified atom stereocenters. The smallest absolute Gasteiger partial charge is 0.243 e. The normalized spacial score (nSPS) is 18.5. The third kappa shape index (κ3) is 2.73. The highest BCUT2D eigenvalue weighted by molar-refractivity contribution is 5.86. The maximum absolute atomic E-state index is 12.2. The molecule has 0 spiro atoms. The van der Waals surface area contributed by atoms with Crippen LogP contribution >= 0.6 is 0 Å². The van der Waals surface area contributed by atoms with Crippen LogP contribution in [0.2, 0.25) is 0 Å². The summed E-state index contributed by atoms with van der Waals surface area (Å²) in [5, 5.41) is 0. The molecule has 1 aliphatic rings. The molecule has 1 rings (SSSR count). The standard InChI is InChI=1S/C12H20N2O/c1-3-9-14(10-4-2)11(15)12(13)7-5-6-8-12/h1H,4-10,13H2,2H3. The molecule has 0 aromatic heterocycles. The fourth-order valence-corrected chi connectivity index (χ4v) is 2.17. The van der Waals surface area contributed by atoms with E-state index in [2.05, 4.69) is 5.92 Å².